The van der Waals surface area contributed by atoms with E-state index in [1.807, 2.05) is 11.4 Å². The van der Waals surface area contributed by atoms with Crippen LogP contribution >= 0.6 is 11.3 Å². The topological polar surface area (TPSA) is 40.5 Å². The summed E-state index contributed by atoms with van der Waals surface area (Å²) in [7, 11) is 0. The molecule has 1 aromatic carbocycles. The molecule has 3 nitrogen and oxygen atoms in total. The third-order valence-electron chi connectivity index (χ3n) is 3.27. The number of aryl methyl sites for hydroxylation is 1. The number of anilines is 1. The summed E-state index contributed by atoms with van der Waals surface area (Å²) in [5, 5.41) is 10.7. The van der Waals surface area contributed by atoms with Crippen molar-refractivity contribution in [3.8, 4) is 0 Å². The molecule has 4 heteroatoms. The van der Waals surface area contributed by atoms with Crippen LogP contribution in [0.15, 0.2) is 41.8 Å². The van der Waals surface area contributed by atoms with Crippen molar-refractivity contribution in [1.29, 1.82) is 0 Å². The van der Waals surface area contributed by atoms with Crippen molar-refractivity contribution in [3.05, 3.63) is 57.8 Å². The standard InChI is InChI=1S/C17H19NO2S/c1-3-18(15-6-4-5-13(2)11-15)12-16-14(9-10-21-16)7-8-17(19)20/h4-11H,3,12H2,1-2H3,(H,19,20). The van der Waals surface area contributed by atoms with Gasteiger partial charge in [-0.05, 0) is 54.6 Å². The summed E-state index contributed by atoms with van der Waals surface area (Å²) in [4.78, 5) is 14.1. The Bertz CT molecular complexity index is 646. The van der Waals surface area contributed by atoms with Crippen molar-refractivity contribution < 1.29 is 9.90 Å². The fourth-order valence-electron chi connectivity index (χ4n) is 2.17. The minimum atomic E-state index is -0.918. The van der Waals surface area contributed by atoms with Gasteiger partial charge in [-0.2, -0.15) is 0 Å². The van der Waals surface area contributed by atoms with Crippen LogP contribution in [-0.4, -0.2) is 17.6 Å². The molecule has 0 bridgehead atoms. The normalized spacial score (nSPS) is 11.0. The molecule has 1 heterocycles. The highest BCUT2D eigenvalue weighted by Crippen LogP contribution is 2.24. The second-order valence-electron chi connectivity index (χ2n) is 4.82. The number of aliphatic carboxylic acids is 1. The molecule has 0 spiro atoms. The fourth-order valence-corrected chi connectivity index (χ4v) is 3.05. The Balaban J connectivity index is 2.20. The lowest BCUT2D eigenvalue weighted by molar-refractivity contribution is -0.131. The molecule has 0 radical (unpaired) electrons. The van der Waals surface area contributed by atoms with Gasteiger partial charge in [0.1, 0.15) is 0 Å². The summed E-state index contributed by atoms with van der Waals surface area (Å²) in [5.74, 6) is -0.918. The number of carbonyl (C=O) groups is 1. The average Bonchev–Trinajstić information content (AvgIpc) is 2.89. The second-order valence-corrected chi connectivity index (χ2v) is 5.82. The Morgan fingerprint density at radius 3 is 2.86 bits per heavy atom. The summed E-state index contributed by atoms with van der Waals surface area (Å²) in [6.45, 7) is 5.91. The third kappa shape index (κ3) is 4.20. The first-order valence-electron chi connectivity index (χ1n) is 6.89. The second kappa shape index (κ2) is 7.09. The Kier molecular flexibility index (Phi) is 5.17. The lowest BCUT2D eigenvalue weighted by Crippen LogP contribution is -2.21. The van der Waals surface area contributed by atoms with Gasteiger partial charge in [0.25, 0.3) is 0 Å². The van der Waals surface area contributed by atoms with Crippen LogP contribution in [0.4, 0.5) is 5.69 Å². The maximum atomic E-state index is 10.6. The Morgan fingerprint density at radius 2 is 2.19 bits per heavy atom. The van der Waals surface area contributed by atoms with Crippen molar-refractivity contribution in [1.82, 2.24) is 0 Å². The number of hydrogen-bond acceptors (Lipinski definition) is 3. The van der Waals surface area contributed by atoms with E-state index in [2.05, 4.69) is 43.0 Å². The number of hydrogen-bond donors (Lipinski definition) is 1. The van der Waals surface area contributed by atoms with Gasteiger partial charge in [-0.25, -0.2) is 4.79 Å². The molecule has 0 saturated heterocycles. The molecule has 1 aromatic heterocycles. The van der Waals surface area contributed by atoms with Crippen LogP contribution in [0.2, 0.25) is 0 Å². The number of carboxylic acids is 1. The quantitative estimate of drug-likeness (QED) is 0.814. The zero-order chi connectivity index (χ0) is 15.2. The summed E-state index contributed by atoms with van der Waals surface area (Å²) in [6.07, 6.45) is 2.85. The van der Waals surface area contributed by atoms with Crippen LogP contribution < -0.4 is 4.90 Å². The van der Waals surface area contributed by atoms with Gasteiger partial charge < -0.3 is 10.0 Å². The van der Waals surface area contributed by atoms with Gasteiger partial charge in [-0.15, -0.1) is 11.3 Å². The van der Waals surface area contributed by atoms with Crippen molar-refractivity contribution in [2.45, 2.75) is 20.4 Å². The van der Waals surface area contributed by atoms with Gasteiger partial charge in [0.15, 0.2) is 0 Å². The van der Waals surface area contributed by atoms with E-state index in [1.54, 1.807) is 17.4 Å². The lowest BCUT2D eigenvalue weighted by atomic mass is 10.2. The summed E-state index contributed by atoms with van der Waals surface area (Å²) in [6, 6.07) is 10.4. The van der Waals surface area contributed by atoms with Crippen LogP contribution in [0.3, 0.4) is 0 Å². The van der Waals surface area contributed by atoms with E-state index in [9.17, 15) is 4.79 Å². The zero-order valence-electron chi connectivity index (χ0n) is 12.2. The van der Waals surface area contributed by atoms with E-state index in [1.165, 1.54) is 22.2 Å². The predicted octanol–water partition coefficient (Wildman–Crippen LogP) is 4.18. The van der Waals surface area contributed by atoms with E-state index >= 15 is 0 Å². The Morgan fingerprint density at radius 1 is 1.38 bits per heavy atom. The maximum absolute atomic E-state index is 10.6. The summed E-state index contributed by atoms with van der Waals surface area (Å²) < 4.78 is 0. The molecule has 21 heavy (non-hydrogen) atoms. The number of nitrogens with zero attached hydrogens (tertiary/aromatic N) is 1. The number of rotatable bonds is 6. The highest BCUT2D eigenvalue weighted by atomic mass is 32.1. The molecule has 0 fully saturated rings. The highest BCUT2D eigenvalue weighted by molar-refractivity contribution is 7.10. The van der Waals surface area contributed by atoms with Gasteiger partial charge in [-0.1, -0.05) is 12.1 Å². The van der Waals surface area contributed by atoms with E-state index in [0.29, 0.717) is 0 Å². The molecule has 2 aromatic rings. The van der Waals surface area contributed by atoms with Crippen molar-refractivity contribution in [3.63, 3.8) is 0 Å². The molecule has 0 amide bonds. The van der Waals surface area contributed by atoms with Crippen molar-refractivity contribution in [2.24, 2.45) is 0 Å². The molecule has 0 aliphatic heterocycles. The van der Waals surface area contributed by atoms with Crippen LogP contribution in [0.5, 0.6) is 0 Å². The minimum Gasteiger partial charge on any atom is -0.478 e. The smallest absolute Gasteiger partial charge is 0.328 e. The van der Waals surface area contributed by atoms with Crippen molar-refractivity contribution in [2.75, 3.05) is 11.4 Å². The van der Waals surface area contributed by atoms with E-state index in [0.717, 1.165) is 18.7 Å². The zero-order valence-corrected chi connectivity index (χ0v) is 13.1. The van der Waals surface area contributed by atoms with Crippen LogP contribution in [0.1, 0.15) is 22.9 Å². The number of benzene rings is 1. The van der Waals surface area contributed by atoms with Gasteiger partial charge in [0, 0.05) is 23.2 Å². The SMILES string of the molecule is CCN(Cc1sccc1C=CC(=O)O)c1cccc(C)c1. The molecule has 2 rings (SSSR count). The first-order valence-corrected chi connectivity index (χ1v) is 7.77. The summed E-state index contributed by atoms with van der Waals surface area (Å²) in [5.41, 5.74) is 3.41. The van der Waals surface area contributed by atoms with Gasteiger partial charge in [-0.3, -0.25) is 0 Å². The third-order valence-corrected chi connectivity index (χ3v) is 4.19. The molecule has 0 saturated carbocycles. The predicted molar refractivity (Wildman–Crippen MR) is 88.9 cm³/mol. The first-order chi connectivity index (χ1) is 10.1. The molecule has 0 unspecified atom stereocenters. The average molecular weight is 301 g/mol. The van der Waals surface area contributed by atoms with Crippen LogP contribution in [-0.2, 0) is 11.3 Å². The van der Waals surface area contributed by atoms with Crippen LogP contribution in [0, 0.1) is 6.92 Å². The molecule has 0 atom stereocenters. The highest BCUT2D eigenvalue weighted by Gasteiger charge is 2.09. The van der Waals surface area contributed by atoms with Gasteiger partial charge in [0.05, 0.1) is 6.54 Å². The lowest BCUT2D eigenvalue weighted by Gasteiger charge is -2.23. The largest absolute Gasteiger partial charge is 0.478 e. The van der Waals surface area contributed by atoms with Crippen molar-refractivity contribution >= 4 is 29.1 Å². The van der Waals surface area contributed by atoms with E-state index in [4.69, 9.17) is 5.11 Å². The number of carboxylic acid groups (broad SMARTS) is 1. The molecular weight excluding hydrogens is 282 g/mol. The monoisotopic (exact) mass is 301 g/mol. The van der Waals surface area contributed by atoms with E-state index < -0.39 is 5.97 Å². The molecule has 1 N–H and O–H groups in total. The Hall–Kier alpha value is -2.07. The Labute approximate surface area is 129 Å². The minimum absolute atomic E-state index is 0.789. The number of thiophene rings is 1. The van der Waals surface area contributed by atoms with Crippen LogP contribution in [0.25, 0.3) is 6.08 Å². The molecule has 0 aliphatic carbocycles. The summed E-state index contributed by atoms with van der Waals surface area (Å²) >= 11 is 1.66. The first kappa shape index (κ1) is 15.3. The molecular formula is C17H19NO2S. The molecule has 0 aliphatic rings. The molecule has 110 valence electrons. The van der Waals surface area contributed by atoms with Gasteiger partial charge in [0.2, 0.25) is 0 Å². The fraction of sp³-hybridized carbons (Fsp3) is 0.235. The van der Waals surface area contributed by atoms with E-state index in [-0.39, 0.29) is 0 Å². The maximum Gasteiger partial charge on any atom is 0.328 e. The van der Waals surface area contributed by atoms with Gasteiger partial charge >= 0.3 is 5.97 Å².